The SMILES string of the molecule is Cc1ccc(-c2cc(O)c3c(c2)CN(C(=O)[C@@H]2CCCCN2)CCO3)s1.Cl. The highest BCUT2D eigenvalue weighted by Crippen LogP contribution is 2.39. The van der Waals surface area contributed by atoms with Crippen molar-refractivity contribution in [2.45, 2.75) is 38.8 Å². The number of hydrogen-bond acceptors (Lipinski definition) is 5. The van der Waals surface area contributed by atoms with Gasteiger partial charge in [0.2, 0.25) is 5.91 Å². The Morgan fingerprint density at radius 2 is 2.19 bits per heavy atom. The molecule has 5 nitrogen and oxygen atoms in total. The number of fused-ring (bicyclic) bond motifs is 1. The van der Waals surface area contributed by atoms with Crippen molar-refractivity contribution in [3.63, 3.8) is 0 Å². The molecular formula is C20H25ClN2O3S. The maximum Gasteiger partial charge on any atom is 0.240 e. The molecule has 1 atom stereocenters. The Balaban J connectivity index is 0.00000210. The van der Waals surface area contributed by atoms with Crippen molar-refractivity contribution >= 4 is 29.7 Å². The summed E-state index contributed by atoms with van der Waals surface area (Å²) in [5.41, 5.74) is 1.83. The lowest BCUT2D eigenvalue weighted by molar-refractivity contribution is -0.134. The molecule has 2 aliphatic rings. The fourth-order valence-electron chi connectivity index (χ4n) is 3.70. The molecule has 0 bridgehead atoms. The quantitative estimate of drug-likeness (QED) is 0.795. The van der Waals surface area contributed by atoms with E-state index in [2.05, 4.69) is 24.4 Å². The zero-order chi connectivity index (χ0) is 18.1. The number of halogens is 1. The number of aromatic hydroxyl groups is 1. The van der Waals surface area contributed by atoms with Crippen molar-refractivity contribution in [2.24, 2.45) is 0 Å². The van der Waals surface area contributed by atoms with Crippen LogP contribution in [0.4, 0.5) is 0 Å². The summed E-state index contributed by atoms with van der Waals surface area (Å²) in [7, 11) is 0. The number of ether oxygens (including phenoxy) is 1. The second-order valence-corrected chi connectivity index (χ2v) is 8.29. The number of aryl methyl sites for hydroxylation is 1. The molecule has 2 N–H and O–H groups in total. The highest BCUT2D eigenvalue weighted by atomic mass is 35.5. The van der Waals surface area contributed by atoms with Crippen molar-refractivity contribution in [3.8, 4) is 21.9 Å². The first kappa shape index (κ1) is 20.0. The van der Waals surface area contributed by atoms with E-state index >= 15 is 0 Å². The van der Waals surface area contributed by atoms with Gasteiger partial charge in [-0.2, -0.15) is 0 Å². The number of nitrogens with zero attached hydrogens (tertiary/aromatic N) is 1. The van der Waals surface area contributed by atoms with Gasteiger partial charge >= 0.3 is 0 Å². The molecule has 4 rings (SSSR count). The lowest BCUT2D eigenvalue weighted by atomic mass is 10.0. The van der Waals surface area contributed by atoms with Gasteiger partial charge in [0.05, 0.1) is 12.6 Å². The van der Waals surface area contributed by atoms with Gasteiger partial charge in [-0.15, -0.1) is 23.7 Å². The van der Waals surface area contributed by atoms with Gasteiger partial charge in [-0.05, 0) is 56.1 Å². The Hall–Kier alpha value is -1.76. The first-order valence-corrected chi connectivity index (χ1v) is 10.0. The number of carbonyl (C=O) groups excluding carboxylic acids is 1. The van der Waals surface area contributed by atoms with Crippen LogP contribution in [0.1, 0.15) is 29.7 Å². The Morgan fingerprint density at radius 3 is 2.89 bits per heavy atom. The van der Waals surface area contributed by atoms with Gasteiger partial charge in [0.15, 0.2) is 11.5 Å². The number of phenolic OH excluding ortho intramolecular Hbond substituents is 1. The molecule has 1 fully saturated rings. The fraction of sp³-hybridized carbons (Fsp3) is 0.450. The zero-order valence-corrected chi connectivity index (χ0v) is 17.0. The van der Waals surface area contributed by atoms with Crippen LogP contribution in [0.3, 0.4) is 0 Å². The molecule has 1 amide bonds. The van der Waals surface area contributed by atoms with E-state index in [-0.39, 0.29) is 30.1 Å². The van der Waals surface area contributed by atoms with Crippen molar-refractivity contribution in [3.05, 3.63) is 34.7 Å². The lowest BCUT2D eigenvalue weighted by Gasteiger charge is -2.29. The molecule has 2 aliphatic heterocycles. The highest BCUT2D eigenvalue weighted by molar-refractivity contribution is 7.15. The summed E-state index contributed by atoms with van der Waals surface area (Å²) in [5, 5.41) is 13.8. The van der Waals surface area contributed by atoms with Crippen molar-refractivity contribution in [1.29, 1.82) is 0 Å². The van der Waals surface area contributed by atoms with E-state index in [4.69, 9.17) is 4.74 Å². The summed E-state index contributed by atoms with van der Waals surface area (Å²) < 4.78 is 5.78. The van der Waals surface area contributed by atoms with E-state index in [9.17, 15) is 9.90 Å². The topological polar surface area (TPSA) is 61.8 Å². The second-order valence-electron chi connectivity index (χ2n) is 7.00. The normalized spacial score (nSPS) is 19.4. The molecule has 1 aromatic carbocycles. The van der Waals surface area contributed by atoms with E-state index in [0.29, 0.717) is 25.4 Å². The molecule has 2 aromatic rings. The summed E-state index contributed by atoms with van der Waals surface area (Å²) in [4.78, 5) is 17.1. The molecule has 3 heterocycles. The summed E-state index contributed by atoms with van der Waals surface area (Å²) >= 11 is 1.69. The number of carbonyl (C=O) groups is 1. The van der Waals surface area contributed by atoms with E-state index < -0.39 is 0 Å². The third-order valence-electron chi connectivity index (χ3n) is 5.06. The Kier molecular flexibility index (Phi) is 6.29. The molecule has 0 radical (unpaired) electrons. The minimum atomic E-state index is -0.0953. The monoisotopic (exact) mass is 408 g/mol. The first-order valence-electron chi connectivity index (χ1n) is 9.19. The van der Waals surface area contributed by atoms with Crippen LogP contribution in [0.15, 0.2) is 24.3 Å². The maximum atomic E-state index is 12.9. The maximum absolute atomic E-state index is 12.9. The number of rotatable bonds is 2. The fourth-order valence-corrected chi connectivity index (χ4v) is 4.56. The average molecular weight is 409 g/mol. The number of amides is 1. The molecule has 0 aliphatic carbocycles. The molecule has 0 spiro atoms. The van der Waals surface area contributed by atoms with Gasteiger partial charge in [-0.3, -0.25) is 4.79 Å². The van der Waals surface area contributed by atoms with Gasteiger partial charge < -0.3 is 20.1 Å². The van der Waals surface area contributed by atoms with Gasteiger partial charge in [0, 0.05) is 21.9 Å². The number of thiophene rings is 1. The second kappa shape index (κ2) is 8.50. The highest BCUT2D eigenvalue weighted by Gasteiger charge is 2.28. The summed E-state index contributed by atoms with van der Waals surface area (Å²) in [6.07, 6.45) is 3.11. The summed E-state index contributed by atoms with van der Waals surface area (Å²) in [5.74, 6) is 0.792. The Labute approximate surface area is 169 Å². The van der Waals surface area contributed by atoms with Crippen LogP contribution in [0.2, 0.25) is 0 Å². The Bertz CT molecular complexity index is 818. The van der Waals surface area contributed by atoms with Crippen LogP contribution in [0.25, 0.3) is 10.4 Å². The van der Waals surface area contributed by atoms with Crippen LogP contribution < -0.4 is 10.1 Å². The standard InChI is InChI=1S/C20H24N2O3S.ClH/c1-13-5-6-18(26-13)14-10-15-12-22(8-9-25-19(15)17(23)11-14)20(24)16-4-2-3-7-21-16;/h5-6,10-11,16,21,23H,2-4,7-9,12H2,1H3;1H/t16-;/m0./s1. The Morgan fingerprint density at radius 1 is 1.33 bits per heavy atom. The smallest absolute Gasteiger partial charge is 0.240 e. The van der Waals surface area contributed by atoms with Crippen LogP contribution in [-0.2, 0) is 11.3 Å². The molecule has 0 unspecified atom stereocenters. The van der Waals surface area contributed by atoms with E-state index in [1.807, 2.05) is 11.0 Å². The molecular weight excluding hydrogens is 384 g/mol. The number of piperidine rings is 1. The average Bonchev–Trinajstić information content (AvgIpc) is 2.97. The van der Waals surface area contributed by atoms with Gasteiger partial charge in [0.1, 0.15) is 6.61 Å². The van der Waals surface area contributed by atoms with Crippen molar-refractivity contribution < 1.29 is 14.6 Å². The van der Waals surface area contributed by atoms with Gasteiger partial charge in [-0.1, -0.05) is 6.42 Å². The van der Waals surface area contributed by atoms with E-state index in [1.165, 1.54) is 4.88 Å². The number of benzene rings is 1. The van der Waals surface area contributed by atoms with Crippen molar-refractivity contribution in [2.75, 3.05) is 19.7 Å². The van der Waals surface area contributed by atoms with Crippen molar-refractivity contribution in [1.82, 2.24) is 10.2 Å². The third kappa shape index (κ3) is 4.23. The predicted molar refractivity (Wildman–Crippen MR) is 110 cm³/mol. The van der Waals surface area contributed by atoms with Crippen LogP contribution >= 0.6 is 23.7 Å². The summed E-state index contributed by atoms with van der Waals surface area (Å²) in [6, 6.07) is 7.84. The minimum Gasteiger partial charge on any atom is -0.504 e. The van der Waals surface area contributed by atoms with E-state index in [1.54, 1.807) is 17.4 Å². The molecule has 27 heavy (non-hydrogen) atoms. The largest absolute Gasteiger partial charge is 0.504 e. The molecule has 1 saturated heterocycles. The van der Waals surface area contributed by atoms with Gasteiger partial charge in [-0.25, -0.2) is 0 Å². The van der Waals surface area contributed by atoms with Crippen LogP contribution in [0, 0.1) is 6.92 Å². The zero-order valence-electron chi connectivity index (χ0n) is 15.4. The van der Waals surface area contributed by atoms with Crippen LogP contribution in [0.5, 0.6) is 11.5 Å². The molecule has 146 valence electrons. The van der Waals surface area contributed by atoms with Gasteiger partial charge in [0.25, 0.3) is 0 Å². The molecule has 7 heteroatoms. The summed E-state index contributed by atoms with van der Waals surface area (Å²) in [6.45, 7) is 4.38. The number of phenols is 1. The number of hydrogen-bond donors (Lipinski definition) is 2. The van der Waals surface area contributed by atoms with Crippen LogP contribution in [-0.4, -0.2) is 41.7 Å². The first-order chi connectivity index (χ1) is 12.6. The minimum absolute atomic E-state index is 0. The predicted octanol–water partition coefficient (Wildman–Crippen LogP) is 3.71. The molecule has 1 aromatic heterocycles. The molecule has 0 saturated carbocycles. The van der Waals surface area contributed by atoms with E-state index in [0.717, 1.165) is 41.8 Å². The lowest BCUT2D eigenvalue weighted by Crippen LogP contribution is -2.48. The number of nitrogens with one attached hydrogen (secondary N) is 1. The third-order valence-corrected chi connectivity index (χ3v) is 6.11.